The first-order valence-corrected chi connectivity index (χ1v) is 6.23. The van der Waals surface area contributed by atoms with E-state index >= 15 is 0 Å². The Morgan fingerprint density at radius 3 is 2.58 bits per heavy atom. The third-order valence-electron chi connectivity index (χ3n) is 2.93. The smallest absolute Gasteiger partial charge is 0.228 e. The molecule has 1 aromatic carbocycles. The highest BCUT2D eigenvalue weighted by molar-refractivity contribution is 6.39. The number of benzene rings is 1. The van der Waals surface area contributed by atoms with Gasteiger partial charge in [-0.3, -0.25) is 9.78 Å². The molecule has 0 saturated carbocycles. The van der Waals surface area contributed by atoms with Crippen LogP contribution < -0.4 is 5.32 Å². The molecule has 0 fully saturated rings. The van der Waals surface area contributed by atoms with Gasteiger partial charge in [-0.25, -0.2) is 4.39 Å². The van der Waals surface area contributed by atoms with Crippen molar-refractivity contribution >= 4 is 34.8 Å². The van der Waals surface area contributed by atoms with Crippen molar-refractivity contribution in [3.05, 3.63) is 46.0 Å². The average Bonchev–Trinajstić information content (AvgIpc) is 2.70. The second kappa shape index (κ2) is 4.47. The van der Waals surface area contributed by atoms with Crippen molar-refractivity contribution in [1.82, 2.24) is 4.98 Å². The zero-order valence-electron chi connectivity index (χ0n) is 9.51. The molecule has 2 aromatic rings. The molecular formula is C13H7Cl2FN2O. The second-order valence-electron chi connectivity index (χ2n) is 4.20. The summed E-state index contributed by atoms with van der Waals surface area (Å²) in [5.41, 5.74) is 1.88. The van der Waals surface area contributed by atoms with Gasteiger partial charge in [0.25, 0.3) is 0 Å². The number of hydrogen-bond acceptors (Lipinski definition) is 2. The van der Waals surface area contributed by atoms with Crippen molar-refractivity contribution in [2.75, 3.05) is 5.32 Å². The standard InChI is InChI=1S/C13H7Cl2FN2O/c14-8-4-17-5-9(15)12(8)6-1-7-3-11(19)18-13(7)10(16)2-6/h1-2,4-5H,3H2,(H,18,19). The Hall–Kier alpha value is -1.65. The number of fused-ring (bicyclic) bond motifs is 1. The summed E-state index contributed by atoms with van der Waals surface area (Å²) < 4.78 is 14.0. The molecule has 1 aliphatic heterocycles. The third kappa shape index (κ3) is 2.07. The summed E-state index contributed by atoms with van der Waals surface area (Å²) >= 11 is 12.1. The van der Waals surface area contributed by atoms with Gasteiger partial charge in [-0.15, -0.1) is 0 Å². The van der Waals surface area contributed by atoms with E-state index in [0.29, 0.717) is 26.7 Å². The number of carbonyl (C=O) groups excluding carboxylic acids is 1. The fourth-order valence-corrected chi connectivity index (χ4v) is 2.71. The molecule has 0 unspecified atom stereocenters. The zero-order chi connectivity index (χ0) is 13.6. The Balaban J connectivity index is 2.21. The van der Waals surface area contributed by atoms with Crippen molar-refractivity contribution in [2.24, 2.45) is 0 Å². The number of aromatic nitrogens is 1. The summed E-state index contributed by atoms with van der Waals surface area (Å²) in [6.45, 7) is 0. The molecule has 0 atom stereocenters. The Kier molecular flexibility index (Phi) is 2.92. The van der Waals surface area contributed by atoms with Crippen LogP contribution in [0.5, 0.6) is 0 Å². The maximum atomic E-state index is 14.0. The fraction of sp³-hybridized carbons (Fsp3) is 0.0769. The van der Waals surface area contributed by atoms with Crippen LogP contribution in [0.4, 0.5) is 10.1 Å². The average molecular weight is 297 g/mol. The summed E-state index contributed by atoms with van der Waals surface area (Å²) in [6, 6.07) is 3.01. The molecule has 0 saturated heterocycles. The number of amides is 1. The Morgan fingerprint density at radius 1 is 1.21 bits per heavy atom. The molecular weight excluding hydrogens is 290 g/mol. The van der Waals surface area contributed by atoms with Crippen LogP contribution in [0.1, 0.15) is 5.56 Å². The predicted octanol–water partition coefficient (Wildman–Crippen LogP) is 3.69. The van der Waals surface area contributed by atoms with Crippen LogP contribution in [-0.4, -0.2) is 10.9 Å². The Bertz CT molecular complexity index is 683. The molecule has 0 spiro atoms. The van der Waals surface area contributed by atoms with E-state index in [0.717, 1.165) is 0 Å². The van der Waals surface area contributed by atoms with E-state index in [1.165, 1.54) is 18.5 Å². The maximum absolute atomic E-state index is 14.0. The molecule has 0 radical (unpaired) electrons. The molecule has 6 heteroatoms. The van der Waals surface area contributed by atoms with Gasteiger partial charge >= 0.3 is 0 Å². The maximum Gasteiger partial charge on any atom is 0.228 e. The van der Waals surface area contributed by atoms with Gasteiger partial charge in [-0.2, -0.15) is 0 Å². The minimum atomic E-state index is -0.498. The summed E-state index contributed by atoms with van der Waals surface area (Å²) in [6.07, 6.45) is 3.04. The first-order valence-electron chi connectivity index (χ1n) is 5.48. The summed E-state index contributed by atoms with van der Waals surface area (Å²) in [7, 11) is 0. The van der Waals surface area contributed by atoms with Crippen molar-refractivity contribution in [3.8, 4) is 11.1 Å². The van der Waals surface area contributed by atoms with E-state index in [-0.39, 0.29) is 18.0 Å². The molecule has 1 N–H and O–H groups in total. The zero-order valence-corrected chi connectivity index (χ0v) is 11.0. The van der Waals surface area contributed by atoms with Crippen molar-refractivity contribution in [1.29, 1.82) is 0 Å². The van der Waals surface area contributed by atoms with Gasteiger partial charge in [0.1, 0.15) is 5.82 Å². The number of rotatable bonds is 1. The van der Waals surface area contributed by atoms with Gasteiger partial charge in [0.15, 0.2) is 0 Å². The highest BCUT2D eigenvalue weighted by atomic mass is 35.5. The molecule has 96 valence electrons. The molecule has 0 bridgehead atoms. The van der Waals surface area contributed by atoms with Gasteiger partial charge in [-0.05, 0) is 23.3 Å². The van der Waals surface area contributed by atoms with Crippen molar-refractivity contribution in [3.63, 3.8) is 0 Å². The molecule has 1 aliphatic rings. The van der Waals surface area contributed by atoms with Crippen LogP contribution in [0, 0.1) is 5.82 Å². The monoisotopic (exact) mass is 296 g/mol. The van der Waals surface area contributed by atoms with Crippen LogP contribution in [0.2, 0.25) is 10.0 Å². The lowest BCUT2D eigenvalue weighted by Crippen LogP contribution is -2.04. The largest absolute Gasteiger partial charge is 0.323 e. The van der Waals surface area contributed by atoms with Crippen LogP contribution in [0.25, 0.3) is 11.1 Å². The number of hydrogen-bond donors (Lipinski definition) is 1. The summed E-state index contributed by atoms with van der Waals surface area (Å²) in [5, 5.41) is 3.16. The molecule has 1 amide bonds. The fourth-order valence-electron chi connectivity index (χ4n) is 2.13. The Morgan fingerprint density at radius 2 is 1.89 bits per heavy atom. The van der Waals surface area contributed by atoms with E-state index < -0.39 is 5.82 Å². The van der Waals surface area contributed by atoms with Crippen LogP contribution in [0.3, 0.4) is 0 Å². The first-order chi connectivity index (χ1) is 9.06. The third-order valence-corrected chi connectivity index (χ3v) is 3.50. The van der Waals surface area contributed by atoms with Crippen LogP contribution in [-0.2, 0) is 11.2 Å². The van der Waals surface area contributed by atoms with Crippen molar-refractivity contribution in [2.45, 2.75) is 6.42 Å². The topological polar surface area (TPSA) is 42.0 Å². The van der Waals surface area contributed by atoms with E-state index in [1.54, 1.807) is 6.07 Å². The van der Waals surface area contributed by atoms with Crippen molar-refractivity contribution < 1.29 is 9.18 Å². The predicted molar refractivity (Wildman–Crippen MR) is 72.0 cm³/mol. The molecule has 3 nitrogen and oxygen atoms in total. The van der Waals surface area contributed by atoms with Gasteiger partial charge in [0.05, 0.1) is 22.2 Å². The van der Waals surface area contributed by atoms with Gasteiger partial charge in [-0.1, -0.05) is 23.2 Å². The van der Waals surface area contributed by atoms with Gasteiger partial charge in [0, 0.05) is 18.0 Å². The molecule has 2 heterocycles. The lowest BCUT2D eigenvalue weighted by atomic mass is 10.0. The molecule has 3 rings (SSSR count). The number of carbonyl (C=O) groups is 1. The van der Waals surface area contributed by atoms with Crippen LogP contribution in [0.15, 0.2) is 24.5 Å². The number of pyridine rings is 1. The summed E-state index contributed by atoms with van der Waals surface area (Å²) in [5.74, 6) is -0.722. The Labute approximate surface area is 118 Å². The number of halogens is 3. The number of nitrogens with one attached hydrogen (secondary N) is 1. The lowest BCUT2D eigenvalue weighted by Gasteiger charge is -2.09. The normalized spacial score (nSPS) is 13.3. The van der Waals surface area contributed by atoms with E-state index in [2.05, 4.69) is 10.3 Å². The summed E-state index contributed by atoms with van der Waals surface area (Å²) in [4.78, 5) is 15.1. The van der Waals surface area contributed by atoms with Gasteiger partial charge in [0.2, 0.25) is 5.91 Å². The number of anilines is 1. The van der Waals surface area contributed by atoms with E-state index in [9.17, 15) is 9.18 Å². The highest BCUT2D eigenvalue weighted by Crippen LogP contribution is 2.37. The highest BCUT2D eigenvalue weighted by Gasteiger charge is 2.23. The van der Waals surface area contributed by atoms with Crippen LogP contribution >= 0.6 is 23.2 Å². The second-order valence-corrected chi connectivity index (χ2v) is 5.01. The first kappa shape index (κ1) is 12.4. The van der Waals surface area contributed by atoms with Gasteiger partial charge < -0.3 is 5.32 Å². The SMILES string of the molecule is O=C1Cc2cc(-c3c(Cl)cncc3Cl)cc(F)c2N1. The quantitative estimate of drug-likeness (QED) is 0.872. The molecule has 1 aromatic heterocycles. The van der Waals surface area contributed by atoms with E-state index in [4.69, 9.17) is 23.2 Å². The molecule has 0 aliphatic carbocycles. The minimum absolute atomic E-state index is 0.153. The number of nitrogens with zero attached hydrogens (tertiary/aromatic N) is 1. The minimum Gasteiger partial charge on any atom is -0.323 e. The lowest BCUT2D eigenvalue weighted by molar-refractivity contribution is -0.115. The molecule has 19 heavy (non-hydrogen) atoms. The van der Waals surface area contributed by atoms with E-state index in [1.807, 2.05) is 0 Å².